The molecule has 0 radical (unpaired) electrons. The molecule has 1 N–H and O–H groups in total. The molecule has 0 unspecified atom stereocenters. The van der Waals surface area contributed by atoms with Gasteiger partial charge in [-0.05, 0) is 29.6 Å². The predicted molar refractivity (Wildman–Crippen MR) is 105 cm³/mol. The largest absolute Gasteiger partial charge is 0.573 e. The van der Waals surface area contributed by atoms with Gasteiger partial charge in [0.1, 0.15) is 11.5 Å². The van der Waals surface area contributed by atoms with Crippen molar-refractivity contribution in [3.8, 4) is 11.5 Å². The zero-order valence-electron chi connectivity index (χ0n) is 14.5. The molecule has 1 atom stereocenters. The van der Waals surface area contributed by atoms with Crippen LogP contribution >= 0.6 is 36.2 Å². The van der Waals surface area contributed by atoms with E-state index in [0.29, 0.717) is 11.3 Å². The SMILES string of the molecule is COc1ccc(OC(F)(F)F)cc1[C@H](c1cccs1)N1CCNCC1.Cl.Cl. The van der Waals surface area contributed by atoms with Gasteiger partial charge in [-0.3, -0.25) is 4.90 Å². The van der Waals surface area contributed by atoms with Crippen LogP contribution < -0.4 is 14.8 Å². The smallest absolute Gasteiger partial charge is 0.496 e. The molecule has 0 aliphatic carbocycles. The van der Waals surface area contributed by atoms with Gasteiger partial charge >= 0.3 is 6.36 Å². The summed E-state index contributed by atoms with van der Waals surface area (Å²) in [4.78, 5) is 3.31. The number of rotatable bonds is 5. The van der Waals surface area contributed by atoms with Crippen molar-refractivity contribution in [2.45, 2.75) is 12.4 Å². The minimum Gasteiger partial charge on any atom is -0.496 e. The first-order chi connectivity index (χ1) is 12.0. The Morgan fingerprint density at radius 1 is 1.15 bits per heavy atom. The second-order valence-electron chi connectivity index (χ2n) is 5.66. The average Bonchev–Trinajstić information content (AvgIpc) is 3.09. The summed E-state index contributed by atoms with van der Waals surface area (Å²) in [5.41, 5.74) is 0.675. The van der Waals surface area contributed by atoms with Gasteiger partial charge in [0.15, 0.2) is 0 Å². The maximum Gasteiger partial charge on any atom is 0.573 e. The molecule has 1 aliphatic heterocycles. The number of alkyl halides is 3. The van der Waals surface area contributed by atoms with Crippen LogP contribution in [0.1, 0.15) is 16.5 Å². The minimum absolute atomic E-state index is 0. The van der Waals surface area contributed by atoms with Gasteiger partial charge in [-0.1, -0.05) is 6.07 Å². The van der Waals surface area contributed by atoms with Crippen molar-refractivity contribution >= 4 is 36.2 Å². The van der Waals surface area contributed by atoms with E-state index in [1.807, 2.05) is 17.5 Å². The van der Waals surface area contributed by atoms with E-state index in [-0.39, 0.29) is 36.6 Å². The molecule has 3 rings (SSSR count). The Bertz CT molecular complexity index is 696. The van der Waals surface area contributed by atoms with E-state index in [0.717, 1.165) is 31.1 Å². The Hall–Kier alpha value is -1.19. The van der Waals surface area contributed by atoms with Crippen LogP contribution in [0.3, 0.4) is 0 Å². The number of nitrogens with one attached hydrogen (secondary N) is 1. The van der Waals surface area contributed by atoms with E-state index >= 15 is 0 Å². The molecule has 0 spiro atoms. The molecule has 0 amide bonds. The highest BCUT2D eigenvalue weighted by Crippen LogP contribution is 2.39. The van der Waals surface area contributed by atoms with Crippen LogP contribution in [-0.2, 0) is 0 Å². The molecular weight excluding hydrogens is 424 g/mol. The summed E-state index contributed by atoms with van der Waals surface area (Å²) in [6, 6.07) is 8.00. The third-order valence-electron chi connectivity index (χ3n) is 4.06. The van der Waals surface area contributed by atoms with Crippen molar-refractivity contribution in [3.05, 3.63) is 46.2 Å². The van der Waals surface area contributed by atoms with E-state index in [1.54, 1.807) is 11.3 Å². The van der Waals surface area contributed by atoms with E-state index in [2.05, 4.69) is 15.0 Å². The highest BCUT2D eigenvalue weighted by Gasteiger charge is 2.33. The Balaban J connectivity index is 0.00000182. The first-order valence-electron chi connectivity index (χ1n) is 7.90. The topological polar surface area (TPSA) is 33.7 Å². The van der Waals surface area contributed by atoms with Crippen LogP contribution in [0.4, 0.5) is 13.2 Å². The number of benzene rings is 1. The second kappa shape index (κ2) is 10.4. The van der Waals surface area contributed by atoms with Crippen LogP contribution in [0, 0.1) is 0 Å². The third kappa shape index (κ3) is 6.15. The third-order valence-corrected chi connectivity index (χ3v) is 4.98. The lowest BCUT2D eigenvalue weighted by molar-refractivity contribution is -0.274. The van der Waals surface area contributed by atoms with Gasteiger partial charge < -0.3 is 14.8 Å². The fraction of sp³-hybridized carbons (Fsp3) is 0.412. The normalized spacial score (nSPS) is 16.0. The number of nitrogens with zero attached hydrogens (tertiary/aromatic N) is 1. The lowest BCUT2D eigenvalue weighted by atomic mass is 10.0. The lowest BCUT2D eigenvalue weighted by Crippen LogP contribution is -2.45. The van der Waals surface area contributed by atoms with Crippen molar-refractivity contribution in [3.63, 3.8) is 0 Å². The maximum absolute atomic E-state index is 12.6. The van der Waals surface area contributed by atoms with Gasteiger partial charge in [-0.25, -0.2) is 0 Å². The van der Waals surface area contributed by atoms with Crippen molar-refractivity contribution in [2.24, 2.45) is 0 Å². The van der Waals surface area contributed by atoms with Gasteiger partial charge in [0.25, 0.3) is 0 Å². The molecule has 2 aromatic rings. The fourth-order valence-electron chi connectivity index (χ4n) is 3.04. The molecule has 1 aliphatic rings. The summed E-state index contributed by atoms with van der Waals surface area (Å²) in [6.07, 6.45) is -4.72. The minimum atomic E-state index is -4.72. The first kappa shape index (κ1) is 23.8. The fourth-order valence-corrected chi connectivity index (χ4v) is 3.92. The molecule has 1 saturated heterocycles. The second-order valence-corrected chi connectivity index (χ2v) is 6.63. The molecule has 1 fully saturated rings. The van der Waals surface area contributed by atoms with E-state index in [4.69, 9.17) is 4.74 Å². The quantitative estimate of drug-likeness (QED) is 0.736. The highest BCUT2D eigenvalue weighted by molar-refractivity contribution is 7.10. The van der Waals surface area contributed by atoms with Gasteiger partial charge in [-0.15, -0.1) is 49.3 Å². The van der Waals surface area contributed by atoms with Gasteiger partial charge in [-0.2, -0.15) is 0 Å². The summed E-state index contributed by atoms with van der Waals surface area (Å²) in [5.74, 6) is 0.312. The van der Waals surface area contributed by atoms with Crippen LogP contribution in [-0.4, -0.2) is 44.6 Å². The zero-order chi connectivity index (χ0) is 17.9. The Morgan fingerprint density at radius 2 is 1.85 bits per heavy atom. The number of hydrogen-bond donors (Lipinski definition) is 1. The molecule has 2 heterocycles. The van der Waals surface area contributed by atoms with Gasteiger partial charge in [0, 0.05) is 36.6 Å². The summed E-state index contributed by atoms with van der Waals surface area (Å²) >= 11 is 1.58. The number of ether oxygens (including phenoxy) is 2. The van der Waals surface area contributed by atoms with Crippen molar-refractivity contribution in [2.75, 3.05) is 33.3 Å². The van der Waals surface area contributed by atoms with Crippen molar-refractivity contribution < 1.29 is 22.6 Å². The van der Waals surface area contributed by atoms with E-state index in [1.165, 1.54) is 25.3 Å². The lowest BCUT2D eigenvalue weighted by Gasteiger charge is -2.35. The molecule has 0 bridgehead atoms. The van der Waals surface area contributed by atoms with Crippen LogP contribution in [0.15, 0.2) is 35.7 Å². The van der Waals surface area contributed by atoms with Crippen molar-refractivity contribution in [1.29, 1.82) is 0 Å². The van der Waals surface area contributed by atoms with Crippen LogP contribution in [0.2, 0.25) is 0 Å². The zero-order valence-corrected chi connectivity index (χ0v) is 16.9. The van der Waals surface area contributed by atoms with Crippen LogP contribution in [0.5, 0.6) is 11.5 Å². The molecular formula is C17H21Cl2F3N2O2S. The molecule has 10 heteroatoms. The highest BCUT2D eigenvalue weighted by atomic mass is 35.5. The summed E-state index contributed by atoms with van der Waals surface area (Å²) in [6.45, 7) is 3.28. The Labute approximate surface area is 172 Å². The summed E-state index contributed by atoms with van der Waals surface area (Å²) < 4.78 is 47.4. The molecule has 27 heavy (non-hydrogen) atoms. The molecule has 0 saturated carbocycles. The Kier molecular flexibility index (Phi) is 9.17. The number of methoxy groups -OCH3 is 1. The monoisotopic (exact) mass is 444 g/mol. The number of piperazine rings is 1. The van der Waals surface area contributed by atoms with Crippen molar-refractivity contribution in [1.82, 2.24) is 10.2 Å². The van der Waals surface area contributed by atoms with E-state index < -0.39 is 6.36 Å². The van der Waals surface area contributed by atoms with Gasteiger partial charge in [0.2, 0.25) is 0 Å². The summed E-state index contributed by atoms with van der Waals surface area (Å²) in [5, 5.41) is 5.26. The van der Waals surface area contributed by atoms with Gasteiger partial charge in [0.05, 0.1) is 13.2 Å². The Morgan fingerprint density at radius 3 is 2.41 bits per heavy atom. The molecule has 152 valence electrons. The van der Waals surface area contributed by atoms with E-state index in [9.17, 15) is 13.2 Å². The molecule has 4 nitrogen and oxygen atoms in total. The summed E-state index contributed by atoms with van der Waals surface area (Å²) in [7, 11) is 1.52. The average molecular weight is 445 g/mol. The van der Waals surface area contributed by atoms with Crippen LogP contribution in [0.25, 0.3) is 0 Å². The number of hydrogen-bond acceptors (Lipinski definition) is 5. The molecule has 1 aromatic carbocycles. The maximum atomic E-state index is 12.6. The predicted octanol–water partition coefficient (Wildman–Crippen LogP) is 4.49. The number of thiophene rings is 1. The first-order valence-corrected chi connectivity index (χ1v) is 8.78. The number of halogens is 5. The standard InChI is InChI=1S/C17H19F3N2O2S.2ClH/c1-23-14-5-4-12(24-17(18,19)20)11-13(14)16(15-3-2-10-25-15)22-8-6-21-7-9-22;;/h2-5,10-11,16,21H,6-9H2,1H3;2*1H/t16-;;/m1../s1. The molecule has 1 aromatic heterocycles.